The number of benzene rings is 1. The minimum Gasteiger partial charge on any atom is -0.368 e. The average molecular weight is 281 g/mol. The number of halogens is 1. The van der Waals surface area contributed by atoms with Gasteiger partial charge < -0.3 is 10.1 Å². The van der Waals surface area contributed by atoms with Crippen LogP contribution in [-0.2, 0) is 4.74 Å². The molecule has 1 aliphatic rings. The Labute approximate surface area is 115 Å². The van der Waals surface area contributed by atoms with Crippen LogP contribution >= 0.6 is 22.9 Å². The van der Waals surface area contributed by atoms with Gasteiger partial charge in [-0.1, -0.05) is 23.7 Å². The summed E-state index contributed by atoms with van der Waals surface area (Å²) in [5.74, 6) is 0. The molecule has 5 heteroatoms. The van der Waals surface area contributed by atoms with Crippen molar-refractivity contribution in [3.8, 4) is 11.3 Å². The van der Waals surface area contributed by atoms with Crippen molar-refractivity contribution in [2.24, 2.45) is 0 Å². The van der Waals surface area contributed by atoms with E-state index in [1.165, 1.54) is 0 Å². The molecule has 3 rings (SSSR count). The lowest BCUT2D eigenvalue weighted by atomic mass is 10.2. The first-order chi connectivity index (χ1) is 8.83. The van der Waals surface area contributed by atoms with E-state index in [9.17, 15) is 0 Å². The number of hydrogen-bond donors (Lipinski definition) is 1. The fourth-order valence-corrected chi connectivity index (χ4v) is 3.01. The smallest absolute Gasteiger partial charge is 0.124 e. The zero-order valence-corrected chi connectivity index (χ0v) is 11.3. The molecule has 1 aromatic carbocycles. The lowest BCUT2D eigenvalue weighted by Gasteiger charge is -2.21. The molecule has 1 atom stereocenters. The molecule has 18 heavy (non-hydrogen) atoms. The van der Waals surface area contributed by atoms with Crippen LogP contribution in [0.4, 0.5) is 0 Å². The molecule has 0 spiro atoms. The van der Waals surface area contributed by atoms with Crippen LogP contribution in [0.25, 0.3) is 11.3 Å². The van der Waals surface area contributed by atoms with Crippen LogP contribution in [0.15, 0.2) is 29.6 Å². The molecule has 0 saturated carbocycles. The van der Waals surface area contributed by atoms with Crippen molar-refractivity contribution >= 4 is 22.9 Å². The monoisotopic (exact) mass is 280 g/mol. The van der Waals surface area contributed by atoms with E-state index in [-0.39, 0.29) is 6.10 Å². The molecular weight excluding hydrogens is 268 g/mol. The van der Waals surface area contributed by atoms with Crippen LogP contribution in [0.1, 0.15) is 11.1 Å². The molecule has 0 amide bonds. The summed E-state index contributed by atoms with van der Waals surface area (Å²) in [6, 6.07) is 7.76. The van der Waals surface area contributed by atoms with Gasteiger partial charge in [0.25, 0.3) is 0 Å². The molecule has 1 N–H and O–H groups in total. The van der Waals surface area contributed by atoms with Gasteiger partial charge in [-0.3, -0.25) is 0 Å². The minimum absolute atomic E-state index is 0.0803. The summed E-state index contributed by atoms with van der Waals surface area (Å²) < 4.78 is 5.70. The largest absolute Gasteiger partial charge is 0.368 e. The number of rotatable bonds is 2. The van der Waals surface area contributed by atoms with Crippen LogP contribution < -0.4 is 5.32 Å². The molecule has 2 aromatic rings. The van der Waals surface area contributed by atoms with Crippen molar-refractivity contribution in [1.82, 2.24) is 10.3 Å². The quantitative estimate of drug-likeness (QED) is 0.918. The Morgan fingerprint density at radius 3 is 3.17 bits per heavy atom. The molecular formula is C13H13ClN2OS. The van der Waals surface area contributed by atoms with Crippen molar-refractivity contribution in [3.05, 3.63) is 39.7 Å². The summed E-state index contributed by atoms with van der Waals surface area (Å²) in [5, 5.41) is 7.13. The Bertz CT molecular complexity index is 537. The van der Waals surface area contributed by atoms with Gasteiger partial charge in [0.15, 0.2) is 0 Å². The van der Waals surface area contributed by atoms with E-state index in [1.807, 2.05) is 24.3 Å². The van der Waals surface area contributed by atoms with Crippen LogP contribution in [0, 0.1) is 0 Å². The fraction of sp³-hybridized carbons (Fsp3) is 0.308. The Hall–Kier alpha value is -0.940. The van der Waals surface area contributed by atoms with E-state index in [2.05, 4.69) is 15.7 Å². The van der Waals surface area contributed by atoms with Crippen LogP contribution in [-0.4, -0.2) is 24.7 Å². The van der Waals surface area contributed by atoms with Gasteiger partial charge in [-0.25, -0.2) is 4.98 Å². The maximum Gasteiger partial charge on any atom is 0.124 e. The maximum atomic E-state index is 5.99. The first kappa shape index (κ1) is 12.1. The lowest BCUT2D eigenvalue weighted by Crippen LogP contribution is -2.33. The fourth-order valence-electron chi connectivity index (χ4n) is 1.94. The molecule has 94 valence electrons. The highest BCUT2D eigenvalue weighted by Gasteiger charge is 2.19. The molecule has 2 heterocycles. The number of hydrogen-bond acceptors (Lipinski definition) is 4. The molecule has 0 aliphatic carbocycles. The van der Waals surface area contributed by atoms with Gasteiger partial charge in [0.2, 0.25) is 0 Å². The number of ether oxygens (including phenoxy) is 1. The van der Waals surface area contributed by atoms with Crippen molar-refractivity contribution in [1.29, 1.82) is 0 Å². The van der Waals surface area contributed by atoms with E-state index in [0.717, 1.165) is 41.0 Å². The standard InChI is InChI=1S/C13H13ClN2OS/c14-10-3-1-2-9(6-10)11-8-18-13(16-11)12-7-15-4-5-17-12/h1-3,6,8,12,15H,4-5,7H2. The third kappa shape index (κ3) is 2.57. The van der Waals surface area contributed by atoms with Crippen LogP contribution in [0.5, 0.6) is 0 Å². The summed E-state index contributed by atoms with van der Waals surface area (Å²) in [6.45, 7) is 2.50. The second kappa shape index (κ2) is 5.36. The maximum absolute atomic E-state index is 5.99. The van der Waals surface area contributed by atoms with Gasteiger partial charge in [0, 0.05) is 29.1 Å². The average Bonchev–Trinajstić information content (AvgIpc) is 2.89. The summed E-state index contributed by atoms with van der Waals surface area (Å²) in [4.78, 5) is 4.64. The third-order valence-corrected chi connectivity index (χ3v) is 4.02. The first-order valence-electron chi connectivity index (χ1n) is 5.86. The second-order valence-corrected chi connectivity index (χ2v) is 5.47. The molecule has 1 fully saturated rings. The molecule has 1 aliphatic heterocycles. The zero-order valence-electron chi connectivity index (χ0n) is 9.73. The van der Waals surface area contributed by atoms with Gasteiger partial charge in [-0.15, -0.1) is 11.3 Å². The van der Waals surface area contributed by atoms with Gasteiger partial charge in [-0.2, -0.15) is 0 Å². The normalized spacial score (nSPS) is 19.9. The number of aromatic nitrogens is 1. The van der Waals surface area contributed by atoms with E-state index in [4.69, 9.17) is 16.3 Å². The number of nitrogens with one attached hydrogen (secondary N) is 1. The predicted octanol–water partition coefficient (Wildman–Crippen LogP) is 3.12. The van der Waals surface area contributed by atoms with Gasteiger partial charge in [-0.05, 0) is 12.1 Å². The Morgan fingerprint density at radius 1 is 1.44 bits per heavy atom. The number of thiazole rings is 1. The van der Waals surface area contributed by atoms with Crippen molar-refractivity contribution in [3.63, 3.8) is 0 Å². The highest BCUT2D eigenvalue weighted by molar-refractivity contribution is 7.10. The summed E-state index contributed by atoms with van der Waals surface area (Å²) >= 11 is 7.63. The zero-order chi connectivity index (χ0) is 12.4. The molecule has 1 aromatic heterocycles. The second-order valence-electron chi connectivity index (χ2n) is 4.14. The molecule has 1 unspecified atom stereocenters. The first-order valence-corrected chi connectivity index (χ1v) is 7.12. The highest BCUT2D eigenvalue weighted by Crippen LogP contribution is 2.28. The van der Waals surface area contributed by atoms with Crippen LogP contribution in [0.2, 0.25) is 5.02 Å². The molecule has 0 bridgehead atoms. The van der Waals surface area contributed by atoms with Gasteiger partial charge >= 0.3 is 0 Å². The van der Waals surface area contributed by atoms with E-state index in [0.29, 0.717) is 0 Å². The summed E-state index contributed by atoms with van der Waals surface area (Å²) in [6.07, 6.45) is 0.0803. The van der Waals surface area contributed by atoms with Gasteiger partial charge in [0.05, 0.1) is 12.3 Å². The molecule has 1 saturated heterocycles. The minimum atomic E-state index is 0.0803. The van der Waals surface area contributed by atoms with Crippen LogP contribution in [0.3, 0.4) is 0 Å². The summed E-state index contributed by atoms with van der Waals surface area (Å²) in [7, 11) is 0. The SMILES string of the molecule is Clc1cccc(-c2csc(C3CNCCO3)n2)c1. The number of nitrogens with zero attached hydrogens (tertiary/aromatic N) is 1. The Morgan fingerprint density at radius 2 is 2.39 bits per heavy atom. The topological polar surface area (TPSA) is 34.1 Å². The van der Waals surface area contributed by atoms with E-state index >= 15 is 0 Å². The Kier molecular flexibility index (Phi) is 3.61. The molecule has 0 radical (unpaired) electrons. The van der Waals surface area contributed by atoms with Gasteiger partial charge in [0.1, 0.15) is 11.1 Å². The highest BCUT2D eigenvalue weighted by atomic mass is 35.5. The van der Waals surface area contributed by atoms with E-state index in [1.54, 1.807) is 11.3 Å². The lowest BCUT2D eigenvalue weighted by molar-refractivity contribution is 0.0276. The Balaban J connectivity index is 1.84. The van der Waals surface area contributed by atoms with E-state index < -0.39 is 0 Å². The van der Waals surface area contributed by atoms with Crippen molar-refractivity contribution in [2.75, 3.05) is 19.7 Å². The van der Waals surface area contributed by atoms with Crippen molar-refractivity contribution in [2.45, 2.75) is 6.10 Å². The third-order valence-electron chi connectivity index (χ3n) is 2.85. The predicted molar refractivity (Wildman–Crippen MR) is 74.1 cm³/mol. The molecule has 3 nitrogen and oxygen atoms in total. The van der Waals surface area contributed by atoms with Crippen molar-refractivity contribution < 1.29 is 4.74 Å². The summed E-state index contributed by atoms with van der Waals surface area (Å²) in [5.41, 5.74) is 2.01. The number of morpholine rings is 1.